The van der Waals surface area contributed by atoms with Crippen LogP contribution >= 0.6 is 0 Å². The first-order valence-corrected chi connectivity index (χ1v) is 5.85. The van der Waals surface area contributed by atoms with Crippen LogP contribution in [-0.4, -0.2) is 64.5 Å². The van der Waals surface area contributed by atoms with Crippen LogP contribution in [-0.2, 0) is 0 Å². The molecule has 0 spiro atoms. The predicted octanol–water partition coefficient (Wildman–Crippen LogP) is -0.399. The topological polar surface area (TPSA) is 65.4 Å². The second-order valence-electron chi connectivity index (χ2n) is 4.55. The lowest BCUT2D eigenvalue weighted by molar-refractivity contribution is 0.135. The molecule has 2 heterocycles. The zero-order valence-corrected chi connectivity index (χ0v) is 10.6. The zero-order chi connectivity index (χ0) is 12.4. The molecule has 1 N–H and O–H groups in total. The van der Waals surface area contributed by atoms with E-state index < -0.39 is 0 Å². The van der Waals surface area contributed by atoms with Gasteiger partial charge in [0.1, 0.15) is 0 Å². The van der Waals surface area contributed by atoms with Crippen LogP contribution in [0, 0.1) is 13.8 Å². The number of aryl methyl sites for hydroxylation is 2. The van der Waals surface area contributed by atoms with Gasteiger partial charge in [-0.05, 0) is 20.9 Å². The summed E-state index contributed by atoms with van der Waals surface area (Å²) in [5.74, 6) is 0.666. The van der Waals surface area contributed by atoms with E-state index in [1.54, 1.807) is 0 Å². The standard InChI is InChI=1S/C11H19N5O/c1-8-9(2)13-14-11(12-8)16-5-4-15(3)10(6-16)7-17/h10,17H,4-7H2,1-3H3/t10-/m1/s1. The number of aliphatic hydroxyl groups is 1. The fraction of sp³-hybridized carbons (Fsp3) is 0.727. The van der Waals surface area contributed by atoms with E-state index in [9.17, 15) is 5.11 Å². The van der Waals surface area contributed by atoms with Gasteiger partial charge < -0.3 is 10.0 Å². The smallest absolute Gasteiger partial charge is 0.245 e. The summed E-state index contributed by atoms with van der Waals surface area (Å²) >= 11 is 0. The molecule has 1 fully saturated rings. The second kappa shape index (κ2) is 4.93. The molecule has 1 aromatic rings. The Balaban J connectivity index is 2.14. The van der Waals surface area contributed by atoms with Crippen molar-refractivity contribution >= 4 is 5.95 Å². The summed E-state index contributed by atoms with van der Waals surface area (Å²) < 4.78 is 0. The van der Waals surface area contributed by atoms with Crippen molar-refractivity contribution in [3.63, 3.8) is 0 Å². The Bertz CT molecular complexity index is 397. The molecule has 2 rings (SSSR count). The van der Waals surface area contributed by atoms with E-state index in [2.05, 4.69) is 25.0 Å². The van der Waals surface area contributed by atoms with Crippen LogP contribution < -0.4 is 4.90 Å². The van der Waals surface area contributed by atoms with Crippen LogP contribution in [0.3, 0.4) is 0 Å². The molecule has 0 radical (unpaired) electrons. The summed E-state index contributed by atoms with van der Waals surface area (Å²) in [7, 11) is 2.03. The number of piperazine rings is 1. The summed E-state index contributed by atoms with van der Waals surface area (Å²) in [6.07, 6.45) is 0. The molecule has 0 unspecified atom stereocenters. The molecule has 1 aliphatic rings. The first kappa shape index (κ1) is 12.2. The predicted molar refractivity (Wildman–Crippen MR) is 65.0 cm³/mol. The Morgan fingerprint density at radius 3 is 2.65 bits per heavy atom. The van der Waals surface area contributed by atoms with Crippen LogP contribution in [0.15, 0.2) is 0 Å². The summed E-state index contributed by atoms with van der Waals surface area (Å²) in [6.45, 7) is 6.52. The van der Waals surface area contributed by atoms with Crippen LogP contribution in [0.25, 0.3) is 0 Å². The van der Waals surface area contributed by atoms with Crippen molar-refractivity contribution in [2.24, 2.45) is 0 Å². The number of aromatic nitrogens is 3. The summed E-state index contributed by atoms with van der Waals surface area (Å²) in [5, 5.41) is 17.5. The minimum Gasteiger partial charge on any atom is -0.395 e. The number of hydrogen-bond acceptors (Lipinski definition) is 6. The molecule has 1 aromatic heterocycles. The van der Waals surface area contributed by atoms with Crippen molar-refractivity contribution < 1.29 is 5.11 Å². The summed E-state index contributed by atoms with van der Waals surface area (Å²) in [6, 6.07) is 0.147. The average Bonchev–Trinajstić information content (AvgIpc) is 2.33. The lowest BCUT2D eigenvalue weighted by atomic mass is 10.2. The van der Waals surface area contributed by atoms with E-state index in [4.69, 9.17) is 0 Å². The molecule has 0 bridgehead atoms. The van der Waals surface area contributed by atoms with Gasteiger partial charge in [-0.3, -0.25) is 4.90 Å². The Morgan fingerprint density at radius 2 is 2.00 bits per heavy atom. The van der Waals surface area contributed by atoms with Gasteiger partial charge in [-0.2, -0.15) is 5.10 Å². The number of nitrogens with zero attached hydrogens (tertiary/aromatic N) is 5. The molecule has 1 saturated heterocycles. The SMILES string of the molecule is Cc1nnc(N2CCN(C)[C@@H](CO)C2)nc1C. The Labute approximate surface area is 101 Å². The maximum Gasteiger partial charge on any atom is 0.245 e. The van der Waals surface area contributed by atoms with Crippen LogP contribution in [0.2, 0.25) is 0 Å². The maximum atomic E-state index is 9.30. The number of aliphatic hydroxyl groups excluding tert-OH is 1. The van der Waals surface area contributed by atoms with Crippen LogP contribution in [0.1, 0.15) is 11.4 Å². The maximum absolute atomic E-state index is 9.30. The van der Waals surface area contributed by atoms with E-state index in [-0.39, 0.29) is 12.6 Å². The normalized spacial score (nSPS) is 21.9. The Morgan fingerprint density at radius 1 is 1.24 bits per heavy atom. The third kappa shape index (κ3) is 2.53. The van der Waals surface area contributed by atoms with Crippen molar-refractivity contribution in [2.75, 3.05) is 38.2 Å². The minimum absolute atomic E-state index is 0.147. The fourth-order valence-electron chi connectivity index (χ4n) is 1.90. The van der Waals surface area contributed by atoms with E-state index in [0.29, 0.717) is 5.95 Å². The molecule has 0 amide bonds. The van der Waals surface area contributed by atoms with Gasteiger partial charge >= 0.3 is 0 Å². The molecule has 6 heteroatoms. The highest BCUT2D eigenvalue weighted by Crippen LogP contribution is 2.14. The molecule has 0 saturated carbocycles. The fourth-order valence-corrected chi connectivity index (χ4v) is 1.90. The molecule has 94 valence electrons. The highest BCUT2D eigenvalue weighted by molar-refractivity contribution is 5.31. The van der Waals surface area contributed by atoms with E-state index in [1.165, 1.54) is 0 Å². The van der Waals surface area contributed by atoms with Gasteiger partial charge in [-0.1, -0.05) is 0 Å². The van der Waals surface area contributed by atoms with Gasteiger partial charge in [0.05, 0.1) is 24.0 Å². The Hall–Kier alpha value is -1.27. The van der Waals surface area contributed by atoms with Crippen molar-refractivity contribution in [1.29, 1.82) is 0 Å². The van der Waals surface area contributed by atoms with Gasteiger partial charge in [-0.25, -0.2) is 4.98 Å². The molecule has 1 atom stereocenters. The minimum atomic E-state index is 0.147. The largest absolute Gasteiger partial charge is 0.395 e. The summed E-state index contributed by atoms with van der Waals surface area (Å²) in [4.78, 5) is 8.68. The van der Waals surface area contributed by atoms with Crippen molar-refractivity contribution in [3.05, 3.63) is 11.4 Å². The molecule has 17 heavy (non-hydrogen) atoms. The molecular weight excluding hydrogens is 218 g/mol. The highest BCUT2D eigenvalue weighted by Gasteiger charge is 2.25. The lowest BCUT2D eigenvalue weighted by Gasteiger charge is -2.38. The first-order valence-electron chi connectivity index (χ1n) is 5.85. The van der Waals surface area contributed by atoms with Gasteiger partial charge in [0.2, 0.25) is 5.95 Å². The highest BCUT2D eigenvalue weighted by atomic mass is 16.3. The van der Waals surface area contributed by atoms with Crippen molar-refractivity contribution in [3.8, 4) is 0 Å². The van der Waals surface area contributed by atoms with Gasteiger partial charge in [0.15, 0.2) is 0 Å². The number of hydrogen-bond donors (Lipinski definition) is 1. The third-order valence-electron chi connectivity index (χ3n) is 3.35. The quantitative estimate of drug-likeness (QED) is 0.755. The molecule has 1 aliphatic heterocycles. The third-order valence-corrected chi connectivity index (χ3v) is 3.35. The number of anilines is 1. The number of rotatable bonds is 2. The number of likely N-dealkylation sites (N-methyl/N-ethyl adjacent to an activating group) is 1. The van der Waals surface area contributed by atoms with Gasteiger partial charge in [0.25, 0.3) is 0 Å². The lowest BCUT2D eigenvalue weighted by Crippen LogP contribution is -2.53. The van der Waals surface area contributed by atoms with Crippen molar-refractivity contribution in [2.45, 2.75) is 19.9 Å². The molecule has 6 nitrogen and oxygen atoms in total. The first-order chi connectivity index (χ1) is 8.11. The van der Waals surface area contributed by atoms with Gasteiger partial charge in [-0.15, -0.1) is 5.10 Å². The van der Waals surface area contributed by atoms with Crippen molar-refractivity contribution in [1.82, 2.24) is 20.1 Å². The monoisotopic (exact) mass is 237 g/mol. The molecule has 0 aliphatic carbocycles. The van der Waals surface area contributed by atoms with Crippen LogP contribution in [0.5, 0.6) is 0 Å². The van der Waals surface area contributed by atoms with Crippen LogP contribution in [0.4, 0.5) is 5.95 Å². The second-order valence-corrected chi connectivity index (χ2v) is 4.55. The Kier molecular flexibility index (Phi) is 3.54. The van der Waals surface area contributed by atoms with E-state index in [0.717, 1.165) is 31.0 Å². The zero-order valence-electron chi connectivity index (χ0n) is 10.6. The average molecular weight is 237 g/mol. The molecular formula is C11H19N5O. The summed E-state index contributed by atoms with van der Waals surface area (Å²) in [5.41, 5.74) is 1.77. The van der Waals surface area contributed by atoms with E-state index in [1.807, 2.05) is 20.9 Å². The molecule has 0 aromatic carbocycles. The van der Waals surface area contributed by atoms with E-state index >= 15 is 0 Å². The van der Waals surface area contributed by atoms with Gasteiger partial charge in [0, 0.05) is 19.6 Å².